The first kappa shape index (κ1) is 10.6. The van der Waals surface area contributed by atoms with Gasteiger partial charge in [-0.1, -0.05) is 6.42 Å². The maximum absolute atomic E-state index is 5.79. The number of rotatable bonds is 2. The molecule has 0 spiro atoms. The lowest BCUT2D eigenvalue weighted by Gasteiger charge is -2.27. The van der Waals surface area contributed by atoms with Crippen molar-refractivity contribution in [3.05, 3.63) is 17.0 Å². The van der Waals surface area contributed by atoms with Gasteiger partial charge >= 0.3 is 0 Å². The van der Waals surface area contributed by atoms with Gasteiger partial charge in [-0.3, -0.25) is 0 Å². The first-order chi connectivity index (χ1) is 7.24. The number of nitrogens with one attached hydrogen (secondary N) is 1. The van der Waals surface area contributed by atoms with E-state index in [9.17, 15) is 0 Å². The van der Waals surface area contributed by atoms with Crippen molar-refractivity contribution in [1.82, 2.24) is 15.0 Å². The summed E-state index contributed by atoms with van der Waals surface area (Å²) in [6.45, 7) is 4.05. The molecule has 0 unspecified atom stereocenters. The number of aryl methyl sites for hydroxylation is 1. The number of aromatic nitrogens is 2. The Kier molecular flexibility index (Phi) is 3.38. The average molecular weight is 227 g/mol. The maximum atomic E-state index is 5.79. The quantitative estimate of drug-likeness (QED) is 0.786. The zero-order chi connectivity index (χ0) is 10.7. The molecule has 82 valence electrons. The molecule has 1 fully saturated rings. The van der Waals surface area contributed by atoms with Crippen molar-refractivity contribution in [2.45, 2.75) is 26.2 Å². The van der Waals surface area contributed by atoms with E-state index in [-0.39, 0.29) is 0 Å². The van der Waals surface area contributed by atoms with E-state index in [1.807, 2.05) is 13.0 Å². The van der Waals surface area contributed by atoms with Gasteiger partial charge in [-0.05, 0) is 31.4 Å². The van der Waals surface area contributed by atoms with Crippen LogP contribution < -0.4 is 5.43 Å². The molecule has 4 nitrogen and oxygen atoms in total. The lowest BCUT2D eigenvalue weighted by molar-refractivity contribution is 0.272. The third-order valence-corrected chi connectivity index (χ3v) is 2.62. The molecular weight excluding hydrogens is 212 g/mol. The van der Waals surface area contributed by atoms with Crippen LogP contribution in [0.2, 0.25) is 5.28 Å². The lowest BCUT2D eigenvalue weighted by atomic mass is 10.2. The molecule has 0 saturated carbocycles. The Morgan fingerprint density at radius 3 is 2.67 bits per heavy atom. The minimum atomic E-state index is 0.300. The van der Waals surface area contributed by atoms with Gasteiger partial charge in [0.1, 0.15) is 5.82 Å². The molecule has 0 radical (unpaired) electrons. The van der Waals surface area contributed by atoms with Gasteiger partial charge in [0.15, 0.2) is 0 Å². The molecule has 2 heterocycles. The van der Waals surface area contributed by atoms with E-state index in [4.69, 9.17) is 11.6 Å². The second-order valence-corrected chi connectivity index (χ2v) is 4.16. The van der Waals surface area contributed by atoms with E-state index in [0.29, 0.717) is 5.28 Å². The fraction of sp³-hybridized carbons (Fsp3) is 0.600. The summed E-state index contributed by atoms with van der Waals surface area (Å²) in [6.07, 6.45) is 3.80. The summed E-state index contributed by atoms with van der Waals surface area (Å²) in [6, 6.07) is 1.90. The maximum Gasteiger partial charge on any atom is 0.224 e. The summed E-state index contributed by atoms with van der Waals surface area (Å²) in [5, 5.41) is 2.48. The Balaban J connectivity index is 2.02. The number of hydrogen-bond donors (Lipinski definition) is 1. The second-order valence-electron chi connectivity index (χ2n) is 3.82. The number of anilines is 1. The predicted molar refractivity (Wildman–Crippen MR) is 60.8 cm³/mol. The SMILES string of the molecule is Cc1cc(NN2CCCCC2)nc(Cl)n1. The molecule has 0 atom stereocenters. The minimum absolute atomic E-state index is 0.300. The molecule has 1 saturated heterocycles. The monoisotopic (exact) mass is 226 g/mol. The molecule has 1 aromatic heterocycles. The van der Waals surface area contributed by atoms with Crippen LogP contribution in [0.4, 0.5) is 5.82 Å². The fourth-order valence-corrected chi connectivity index (χ4v) is 1.98. The van der Waals surface area contributed by atoms with E-state index in [1.54, 1.807) is 0 Å². The summed E-state index contributed by atoms with van der Waals surface area (Å²) in [7, 11) is 0. The van der Waals surface area contributed by atoms with Gasteiger partial charge in [0.05, 0.1) is 0 Å². The Morgan fingerprint density at radius 1 is 1.27 bits per heavy atom. The van der Waals surface area contributed by atoms with Crippen molar-refractivity contribution in [3.8, 4) is 0 Å². The van der Waals surface area contributed by atoms with Crippen LogP contribution in [0.25, 0.3) is 0 Å². The van der Waals surface area contributed by atoms with E-state index in [0.717, 1.165) is 24.6 Å². The lowest BCUT2D eigenvalue weighted by Crippen LogP contribution is -2.35. The Hall–Kier alpha value is -0.870. The van der Waals surface area contributed by atoms with Crippen molar-refractivity contribution in [1.29, 1.82) is 0 Å². The summed E-state index contributed by atoms with van der Waals surface area (Å²) < 4.78 is 0. The highest BCUT2D eigenvalue weighted by Gasteiger charge is 2.10. The van der Waals surface area contributed by atoms with Crippen LogP contribution >= 0.6 is 11.6 Å². The Labute approximate surface area is 94.6 Å². The van der Waals surface area contributed by atoms with Gasteiger partial charge < -0.3 is 5.43 Å². The molecular formula is C10H15ClN4. The van der Waals surface area contributed by atoms with Crippen LogP contribution in [-0.2, 0) is 0 Å². The van der Waals surface area contributed by atoms with Crippen molar-refractivity contribution in [2.75, 3.05) is 18.5 Å². The standard InChI is InChI=1S/C10H15ClN4/c1-8-7-9(13-10(11)12-8)14-15-5-3-2-4-6-15/h7H,2-6H2,1H3,(H,12,13,14). The Bertz CT molecular complexity index is 316. The van der Waals surface area contributed by atoms with Crippen molar-refractivity contribution in [3.63, 3.8) is 0 Å². The van der Waals surface area contributed by atoms with E-state index in [1.165, 1.54) is 19.3 Å². The minimum Gasteiger partial charge on any atom is -0.303 e. The first-order valence-corrected chi connectivity index (χ1v) is 5.64. The van der Waals surface area contributed by atoms with Gasteiger partial charge in [-0.2, -0.15) is 4.98 Å². The predicted octanol–water partition coefficient (Wildman–Crippen LogP) is 2.25. The zero-order valence-corrected chi connectivity index (χ0v) is 9.59. The molecule has 2 rings (SSSR count). The molecule has 0 bridgehead atoms. The third kappa shape index (κ3) is 3.04. The third-order valence-electron chi connectivity index (χ3n) is 2.46. The molecule has 0 amide bonds. The van der Waals surface area contributed by atoms with Gasteiger partial charge in [-0.15, -0.1) is 0 Å². The summed E-state index contributed by atoms with van der Waals surface area (Å²) in [4.78, 5) is 8.15. The van der Waals surface area contributed by atoms with Crippen LogP contribution in [0.1, 0.15) is 25.0 Å². The summed E-state index contributed by atoms with van der Waals surface area (Å²) in [5.41, 5.74) is 4.14. The number of hydrazine groups is 1. The number of nitrogens with zero attached hydrogens (tertiary/aromatic N) is 3. The van der Waals surface area contributed by atoms with Crippen LogP contribution in [0, 0.1) is 6.92 Å². The normalized spacial score (nSPS) is 17.7. The summed E-state index contributed by atoms with van der Waals surface area (Å²) in [5.74, 6) is 0.786. The van der Waals surface area contributed by atoms with Crippen molar-refractivity contribution in [2.24, 2.45) is 0 Å². The van der Waals surface area contributed by atoms with Gasteiger partial charge in [0.25, 0.3) is 0 Å². The highest BCUT2D eigenvalue weighted by molar-refractivity contribution is 6.28. The van der Waals surface area contributed by atoms with Gasteiger partial charge in [-0.25, -0.2) is 9.99 Å². The molecule has 15 heavy (non-hydrogen) atoms. The van der Waals surface area contributed by atoms with E-state index in [2.05, 4.69) is 20.4 Å². The second kappa shape index (κ2) is 4.77. The van der Waals surface area contributed by atoms with Crippen LogP contribution in [0.3, 0.4) is 0 Å². The molecule has 0 aliphatic carbocycles. The van der Waals surface area contributed by atoms with Crippen LogP contribution in [0.5, 0.6) is 0 Å². The highest BCUT2D eigenvalue weighted by Crippen LogP contribution is 2.13. The number of piperidine rings is 1. The van der Waals surface area contributed by atoms with Crippen molar-refractivity contribution >= 4 is 17.4 Å². The van der Waals surface area contributed by atoms with E-state index < -0.39 is 0 Å². The Morgan fingerprint density at radius 2 is 2.00 bits per heavy atom. The zero-order valence-electron chi connectivity index (χ0n) is 8.83. The molecule has 1 aromatic rings. The molecule has 1 N–H and O–H groups in total. The molecule has 1 aliphatic heterocycles. The number of halogens is 1. The molecule has 0 aromatic carbocycles. The largest absolute Gasteiger partial charge is 0.303 e. The van der Waals surface area contributed by atoms with E-state index >= 15 is 0 Å². The topological polar surface area (TPSA) is 41.0 Å². The smallest absolute Gasteiger partial charge is 0.224 e. The highest BCUT2D eigenvalue weighted by atomic mass is 35.5. The van der Waals surface area contributed by atoms with Crippen LogP contribution in [0.15, 0.2) is 6.07 Å². The first-order valence-electron chi connectivity index (χ1n) is 5.27. The van der Waals surface area contributed by atoms with Gasteiger partial charge in [0, 0.05) is 24.8 Å². The number of hydrogen-bond acceptors (Lipinski definition) is 4. The summed E-state index contributed by atoms with van der Waals surface area (Å²) >= 11 is 5.79. The average Bonchev–Trinajstić information content (AvgIpc) is 2.17. The molecule has 5 heteroatoms. The van der Waals surface area contributed by atoms with Crippen LogP contribution in [-0.4, -0.2) is 28.1 Å². The van der Waals surface area contributed by atoms with Crippen molar-refractivity contribution < 1.29 is 0 Å². The van der Waals surface area contributed by atoms with Gasteiger partial charge in [0.2, 0.25) is 5.28 Å². The molecule has 1 aliphatic rings. The fourth-order valence-electron chi connectivity index (χ4n) is 1.76.